The number of aromatic nitrogens is 1. The Hall–Kier alpha value is -2.31. The van der Waals surface area contributed by atoms with E-state index < -0.39 is 5.97 Å². The minimum absolute atomic E-state index is 0.0328. The number of carbonyl (C=O) groups excluding carboxylic acids is 3. The summed E-state index contributed by atoms with van der Waals surface area (Å²) in [6, 6.07) is 0.208. The molecule has 1 heterocycles. The number of urea groups is 1. The van der Waals surface area contributed by atoms with Crippen LogP contribution in [-0.4, -0.2) is 52.9 Å². The highest BCUT2D eigenvalue weighted by molar-refractivity contribution is 6.04. The maximum absolute atomic E-state index is 13.0. The van der Waals surface area contributed by atoms with Crippen molar-refractivity contribution in [1.29, 1.82) is 0 Å². The van der Waals surface area contributed by atoms with E-state index in [1.807, 2.05) is 0 Å². The number of esters is 1. The topological polar surface area (TPSA) is 91.5 Å². The molecule has 2 aliphatic rings. The van der Waals surface area contributed by atoms with Crippen LogP contribution in [-0.2, 0) is 4.74 Å². The molecule has 28 heavy (non-hydrogen) atoms. The molecule has 0 saturated heterocycles. The Kier molecular flexibility index (Phi) is 6.42. The van der Waals surface area contributed by atoms with Gasteiger partial charge in [-0.05, 0) is 52.0 Å². The zero-order valence-electron chi connectivity index (χ0n) is 17.1. The molecule has 1 aromatic rings. The van der Waals surface area contributed by atoms with Crippen molar-refractivity contribution in [3.05, 3.63) is 22.5 Å². The van der Waals surface area contributed by atoms with Crippen LogP contribution in [0.3, 0.4) is 0 Å². The summed E-state index contributed by atoms with van der Waals surface area (Å²) in [6.45, 7) is 5.56. The lowest BCUT2D eigenvalue weighted by molar-refractivity contribution is 0.0519. The molecule has 2 saturated carbocycles. The number of Topliss-reactive ketones (excluding diaryl/α,β-unsaturated/α-hetero) is 1. The third-order valence-corrected chi connectivity index (χ3v) is 5.69. The minimum Gasteiger partial charge on any atom is -0.461 e. The van der Waals surface area contributed by atoms with Gasteiger partial charge >= 0.3 is 12.0 Å². The maximum Gasteiger partial charge on any atom is 0.355 e. The second-order valence-corrected chi connectivity index (χ2v) is 7.91. The van der Waals surface area contributed by atoms with Crippen LogP contribution >= 0.6 is 0 Å². The zero-order valence-corrected chi connectivity index (χ0v) is 17.1. The monoisotopic (exact) mass is 389 g/mol. The molecule has 0 spiro atoms. The van der Waals surface area contributed by atoms with Gasteiger partial charge in [-0.3, -0.25) is 4.79 Å². The molecule has 154 valence electrons. The lowest BCUT2D eigenvalue weighted by atomic mass is 9.96. The van der Waals surface area contributed by atoms with Gasteiger partial charge in [-0.1, -0.05) is 19.3 Å². The molecule has 0 bridgehead atoms. The summed E-state index contributed by atoms with van der Waals surface area (Å²) in [5.41, 5.74) is 2.02. The molecule has 1 aromatic heterocycles. The number of aromatic amines is 1. The van der Waals surface area contributed by atoms with Crippen molar-refractivity contribution < 1.29 is 19.1 Å². The minimum atomic E-state index is -0.462. The molecule has 2 amide bonds. The smallest absolute Gasteiger partial charge is 0.355 e. The highest BCUT2D eigenvalue weighted by Crippen LogP contribution is 2.29. The van der Waals surface area contributed by atoms with Crippen molar-refractivity contribution in [2.75, 3.05) is 13.2 Å². The molecular formula is C21H31N3O4. The van der Waals surface area contributed by atoms with Gasteiger partial charge in [0.1, 0.15) is 5.69 Å². The summed E-state index contributed by atoms with van der Waals surface area (Å²) < 4.78 is 5.05. The molecule has 2 N–H and O–H groups in total. The normalized spacial score (nSPS) is 17.2. The molecule has 0 atom stereocenters. The fourth-order valence-corrected chi connectivity index (χ4v) is 4.07. The largest absolute Gasteiger partial charge is 0.461 e. The quantitative estimate of drug-likeness (QED) is 0.551. The summed E-state index contributed by atoms with van der Waals surface area (Å²) in [5, 5.41) is 3.12. The van der Waals surface area contributed by atoms with Gasteiger partial charge in [-0.25, -0.2) is 9.59 Å². The Morgan fingerprint density at radius 2 is 1.79 bits per heavy atom. The maximum atomic E-state index is 13.0. The summed E-state index contributed by atoms with van der Waals surface area (Å²) in [4.78, 5) is 42.6. The summed E-state index contributed by atoms with van der Waals surface area (Å²) in [7, 11) is 0. The van der Waals surface area contributed by atoms with Crippen molar-refractivity contribution >= 4 is 17.8 Å². The Balaban J connectivity index is 1.71. The number of amides is 2. The van der Waals surface area contributed by atoms with E-state index >= 15 is 0 Å². The first kappa shape index (κ1) is 20.4. The Labute approximate surface area is 166 Å². The van der Waals surface area contributed by atoms with Gasteiger partial charge in [0.15, 0.2) is 5.78 Å². The van der Waals surface area contributed by atoms with Crippen molar-refractivity contribution in [1.82, 2.24) is 15.2 Å². The predicted octanol–water partition coefficient (Wildman–Crippen LogP) is 3.50. The molecule has 0 aliphatic heterocycles. The van der Waals surface area contributed by atoms with Crippen molar-refractivity contribution in [3.8, 4) is 0 Å². The average molecular weight is 389 g/mol. The Morgan fingerprint density at radius 1 is 1.11 bits per heavy atom. The van der Waals surface area contributed by atoms with Crippen molar-refractivity contribution in [3.63, 3.8) is 0 Å². The highest BCUT2D eigenvalue weighted by atomic mass is 16.5. The second-order valence-electron chi connectivity index (χ2n) is 7.91. The lowest BCUT2D eigenvalue weighted by Crippen LogP contribution is -2.48. The third-order valence-electron chi connectivity index (χ3n) is 5.69. The van der Waals surface area contributed by atoms with Gasteiger partial charge in [0.25, 0.3) is 0 Å². The number of hydrogen-bond acceptors (Lipinski definition) is 4. The Bertz CT molecular complexity index is 745. The number of ketones is 1. The summed E-state index contributed by atoms with van der Waals surface area (Å²) >= 11 is 0. The number of ether oxygens (including phenoxy) is 1. The fraction of sp³-hybridized carbons (Fsp3) is 0.667. The van der Waals surface area contributed by atoms with Gasteiger partial charge in [0, 0.05) is 23.3 Å². The second kappa shape index (κ2) is 8.80. The average Bonchev–Trinajstić information content (AvgIpc) is 3.45. The number of H-pyrrole nitrogens is 1. The first-order valence-electron chi connectivity index (χ1n) is 10.4. The van der Waals surface area contributed by atoms with E-state index in [1.54, 1.807) is 25.7 Å². The van der Waals surface area contributed by atoms with E-state index in [-0.39, 0.29) is 37.0 Å². The fourth-order valence-electron chi connectivity index (χ4n) is 4.07. The number of aryl methyl sites for hydroxylation is 1. The SMILES string of the molecule is CCOC(=O)c1[nH]c(C)c(C(=O)CN(C(=O)NC2CCCCC2)C2CC2)c1C. The van der Waals surface area contributed by atoms with Crippen LogP contribution in [0.5, 0.6) is 0 Å². The number of nitrogens with one attached hydrogen (secondary N) is 2. The van der Waals surface area contributed by atoms with Gasteiger partial charge in [0.05, 0.1) is 13.2 Å². The van der Waals surface area contributed by atoms with Crippen LogP contribution in [0.2, 0.25) is 0 Å². The number of carbonyl (C=O) groups is 3. The van der Waals surface area contributed by atoms with Crippen LogP contribution in [0.25, 0.3) is 0 Å². The molecule has 7 heteroatoms. The van der Waals surface area contributed by atoms with E-state index in [1.165, 1.54) is 6.42 Å². The number of nitrogens with zero attached hydrogens (tertiary/aromatic N) is 1. The van der Waals surface area contributed by atoms with E-state index in [0.29, 0.717) is 22.5 Å². The van der Waals surface area contributed by atoms with Gasteiger partial charge in [0.2, 0.25) is 0 Å². The van der Waals surface area contributed by atoms with Crippen molar-refractivity contribution in [2.24, 2.45) is 0 Å². The van der Waals surface area contributed by atoms with Crippen LogP contribution in [0.1, 0.15) is 84.0 Å². The van der Waals surface area contributed by atoms with E-state index in [2.05, 4.69) is 10.3 Å². The van der Waals surface area contributed by atoms with Gasteiger partial charge in [-0.2, -0.15) is 0 Å². The standard InChI is InChI=1S/C21H31N3O4/c1-4-28-20(26)19-13(2)18(14(3)22-19)17(25)12-24(16-10-11-16)21(27)23-15-8-6-5-7-9-15/h15-16,22H,4-12H2,1-3H3,(H,23,27). The number of rotatable bonds is 7. The van der Waals surface area contributed by atoms with E-state index in [4.69, 9.17) is 4.74 Å². The molecule has 2 aliphatic carbocycles. The van der Waals surface area contributed by atoms with Gasteiger partial charge < -0.3 is 19.9 Å². The van der Waals surface area contributed by atoms with Crippen LogP contribution in [0.15, 0.2) is 0 Å². The van der Waals surface area contributed by atoms with E-state index in [0.717, 1.165) is 38.5 Å². The van der Waals surface area contributed by atoms with Crippen molar-refractivity contribution in [2.45, 2.75) is 77.8 Å². The third kappa shape index (κ3) is 4.56. The predicted molar refractivity (Wildman–Crippen MR) is 106 cm³/mol. The van der Waals surface area contributed by atoms with Gasteiger partial charge in [-0.15, -0.1) is 0 Å². The first-order valence-corrected chi connectivity index (χ1v) is 10.4. The molecule has 0 radical (unpaired) electrons. The Morgan fingerprint density at radius 3 is 2.39 bits per heavy atom. The first-order chi connectivity index (χ1) is 13.4. The highest BCUT2D eigenvalue weighted by Gasteiger charge is 2.36. The number of hydrogen-bond donors (Lipinski definition) is 2. The van der Waals surface area contributed by atoms with Crippen LogP contribution < -0.4 is 5.32 Å². The van der Waals surface area contributed by atoms with E-state index in [9.17, 15) is 14.4 Å². The van der Waals surface area contributed by atoms with Crippen LogP contribution in [0, 0.1) is 13.8 Å². The summed E-state index contributed by atoms with van der Waals surface area (Å²) in [6.07, 6.45) is 7.41. The molecule has 0 unspecified atom stereocenters. The summed E-state index contributed by atoms with van der Waals surface area (Å²) in [5.74, 6) is -0.608. The molecule has 3 rings (SSSR count). The molecule has 2 fully saturated rings. The molecule has 0 aromatic carbocycles. The molecular weight excluding hydrogens is 358 g/mol. The lowest BCUT2D eigenvalue weighted by Gasteiger charge is -2.28. The zero-order chi connectivity index (χ0) is 20.3. The molecule has 7 nitrogen and oxygen atoms in total. The van der Waals surface area contributed by atoms with Crippen LogP contribution in [0.4, 0.5) is 4.79 Å².